The first kappa shape index (κ1) is 19.1. The summed E-state index contributed by atoms with van der Waals surface area (Å²) in [6, 6.07) is 0. The topological polar surface area (TPSA) is 74.6 Å². The van der Waals surface area contributed by atoms with Crippen molar-refractivity contribution in [2.45, 2.75) is 52.9 Å². The van der Waals surface area contributed by atoms with Crippen LogP contribution in [0.5, 0.6) is 0 Å². The summed E-state index contributed by atoms with van der Waals surface area (Å²) in [5.41, 5.74) is -0.176. The molecule has 0 aliphatic heterocycles. The normalized spacial score (nSPS) is 11.1. The Balaban J connectivity index is -0.000000375. The zero-order valence-corrected chi connectivity index (χ0v) is 12.4. The van der Waals surface area contributed by atoms with Gasteiger partial charge in [0.05, 0.1) is 0 Å². The van der Waals surface area contributed by atoms with Gasteiger partial charge in [-0.3, -0.25) is 9.59 Å². The molecule has 0 rings (SSSR count). The van der Waals surface area contributed by atoms with E-state index >= 15 is 0 Å². The molecule has 0 amide bonds. The zero-order chi connectivity index (χ0) is 12.8. The molecule has 2 N–H and O–H groups in total. The molecule has 0 aliphatic rings. The van der Waals surface area contributed by atoms with Gasteiger partial charge in [0.1, 0.15) is 0 Å². The second-order valence-electron chi connectivity index (χ2n) is 4.74. The van der Waals surface area contributed by atoms with Crippen molar-refractivity contribution in [1.29, 1.82) is 0 Å². The molecule has 0 bridgehead atoms. The number of hydrogen-bond acceptors (Lipinski definition) is 2. The molecule has 0 spiro atoms. The number of carboxylic acids is 2. The molecule has 0 aromatic heterocycles. The molecule has 4 nitrogen and oxygen atoms in total. The minimum absolute atomic E-state index is 0. The quantitative estimate of drug-likeness (QED) is 0.517. The van der Waals surface area contributed by atoms with E-state index in [0.717, 1.165) is 25.7 Å². The maximum Gasteiger partial charge on any atom is 2.00 e. The van der Waals surface area contributed by atoms with E-state index in [1.807, 2.05) is 20.8 Å². The van der Waals surface area contributed by atoms with Gasteiger partial charge in [-0.05, 0) is 24.7 Å². The summed E-state index contributed by atoms with van der Waals surface area (Å²) < 4.78 is 0. The molecule has 0 aliphatic carbocycles. The van der Waals surface area contributed by atoms with Gasteiger partial charge in [-0.2, -0.15) is 0 Å². The van der Waals surface area contributed by atoms with Crippen LogP contribution in [-0.4, -0.2) is 45.2 Å². The summed E-state index contributed by atoms with van der Waals surface area (Å²) in [6.07, 6.45) is 3.86. The van der Waals surface area contributed by atoms with E-state index in [9.17, 15) is 9.59 Å². The van der Waals surface area contributed by atoms with Gasteiger partial charge in [0, 0.05) is 0 Å². The van der Waals surface area contributed by atoms with E-state index in [4.69, 9.17) is 10.2 Å². The van der Waals surface area contributed by atoms with Crippen LogP contribution in [0.25, 0.3) is 0 Å². The molecule has 0 aromatic carbocycles. The Morgan fingerprint density at radius 3 is 1.71 bits per heavy atom. The number of rotatable bonds is 8. The second-order valence-corrected chi connectivity index (χ2v) is 4.74. The fraction of sp³-hybridized carbons (Fsp3) is 0.833. The minimum Gasteiger partial charge on any atom is -1.00 e. The van der Waals surface area contributed by atoms with Crippen molar-refractivity contribution in [2.24, 2.45) is 11.3 Å². The fourth-order valence-electron chi connectivity index (χ4n) is 2.31. The number of hydrogen-bond donors (Lipinski definition) is 2. The molecule has 5 heteroatoms. The van der Waals surface area contributed by atoms with Crippen molar-refractivity contribution in [3.05, 3.63) is 0 Å². The van der Waals surface area contributed by atoms with Gasteiger partial charge >= 0.3 is 35.0 Å². The maximum atomic E-state index is 10.8. The molecule has 0 saturated heterocycles. The third-order valence-corrected chi connectivity index (χ3v) is 3.00. The van der Waals surface area contributed by atoms with E-state index in [1.54, 1.807) is 0 Å². The molecule has 0 aromatic rings. The molecule has 98 valence electrons. The first-order chi connectivity index (χ1) is 7.36. The van der Waals surface area contributed by atoms with Crippen LogP contribution in [0.4, 0.5) is 0 Å². The van der Waals surface area contributed by atoms with Gasteiger partial charge in [0.2, 0.25) is 0 Å². The Kier molecular flexibility index (Phi) is 9.80. The Morgan fingerprint density at radius 2 is 1.47 bits per heavy atom. The SMILES string of the molecule is CCCC(C)(CCC)CC(C(=O)O)C(=O)O.[H-].[H-].[Mg+2]. The van der Waals surface area contributed by atoms with Crippen LogP contribution in [-0.2, 0) is 9.59 Å². The van der Waals surface area contributed by atoms with Crippen LogP contribution in [0.3, 0.4) is 0 Å². The first-order valence-electron chi connectivity index (χ1n) is 5.82. The van der Waals surface area contributed by atoms with Crippen molar-refractivity contribution >= 4 is 35.0 Å². The van der Waals surface area contributed by atoms with E-state index in [1.165, 1.54) is 0 Å². The Labute approximate surface area is 122 Å². The molecule has 0 heterocycles. The Bertz CT molecular complexity index is 242. The maximum absolute atomic E-state index is 10.8. The Morgan fingerprint density at radius 1 is 1.12 bits per heavy atom. The summed E-state index contributed by atoms with van der Waals surface area (Å²) >= 11 is 0. The van der Waals surface area contributed by atoms with Gasteiger partial charge in [0.25, 0.3) is 0 Å². The molecule has 0 atom stereocenters. The van der Waals surface area contributed by atoms with Gasteiger partial charge in [-0.25, -0.2) is 0 Å². The molecule has 0 radical (unpaired) electrons. The molecular formula is C12H24MgO4. The fourth-order valence-corrected chi connectivity index (χ4v) is 2.31. The molecule has 0 saturated carbocycles. The summed E-state index contributed by atoms with van der Waals surface area (Å²) in [5.74, 6) is -3.74. The van der Waals surface area contributed by atoms with Crippen LogP contribution >= 0.6 is 0 Å². The van der Waals surface area contributed by atoms with Crippen LogP contribution < -0.4 is 0 Å². The average molecular weight is 257 g/mol. The van der Waals surface area contributed by atoms with Gasteiger partial charge in [-0.15, -0.1) is 0 Å². The molecular weight excluding hydrogens is 232 g/mol. The van der Waals surface area contributed by atoms with Crippen molar-refractivity contribution in [3.63, 3.8) is 0 Å². The molecule has 0 fully saturated rings. The smallest absolute Gasteiger partial charge is 1.00 e. The van der Waals surface area contributed by atoms with Crippen LogP contribution in [0.1, 0.15) is 55.7 Å². The van der Waals surface area contributed by atoms with E-state index in [0.29, 0.717) is 0 Å². The van der Waals surface area contributed by atoms with Crippen LogP contribution in [0.15, 0.2) is 0 Å². The first-order valence-corrected chi connectivity index (χ1v) is 5.82. The summed E-state index contributed by atoms with van der Waals surface area (Å²) in [6.45, 7) is 6.05. The van der Waals surface area contributed by atoms with Gasteiger partial charge < -0.3 is 13.1 Å². The van der Waals surface area contributed by atoms with Crippen LogP contribution in [0.2, 0.25) is 0 Å². The predicted octanol–water partition coefficient (Wildman–Crippen LogP) is 2.61. The number of aliphatic carboxylic acids is 2. The van der Waals surface area contributed by atoms with E-state index < -0.39 is 17.9 Å². The molecule has 17 heavy (non-hydrogen) atoms. The summed E-state index contributed by atoms with van der Waals surface area (Å²) in [7, 11) is 0. The number of carboxylic acid groups (broad SMARTS) is 2. The van der Waals surface area contributed by atoms with Crippen LogP contribution in [0, 0.1) is 11.3 Å². The van der Waals surface area contributed by atoms with Gasteiger partial charge in [0.15, 0.2) is 5.92 Å². The Hall–Kier alpha value is -0.294. The van der Waals surface area contributed by atoms with Crippen molar-refractivity contribution < 1.29 is 22.7 Å². The van der Waals surface area contributed by atoms with Gasteiger partial charge in [-0.1, -0.05) is 33.6 Å². The summed E-state index contributed by atoms with van der Waals surface area (Å²) in [4.78, 5) is 21.7. The summed E-state index contributed by atoms with van der Waals surface area (Å²) in [5, 5.41) is 17.7. The average Bonchev–Trinajstić information content (AvgIpc) is 2.14. The van der Waals surface area contributed by atoms with Crippen molar-refractivity contribution in [1.82, 2.24) is 0 Å². The largest absolute Gasteiger partial charge is 2.00 e. The molecule has 0 unspecified atom stereocenters. The third kappa shape index (κ3) is 6.88. The van der Waals surface area contributed by atoms with Crippen molar-refractivity contribution in [3.8, 4) is 0 Å². The number of carbonyl (C=O) groups is 2. The zero-order valence-electron chi connectivity index (χ0n) is 13.0. The standard InChI is InChI=1S/C12H22O4.Mg.2H/c1-4-6-12(3,7-5-2)8-9(10(13)14)11(15)16;;;/h9H,4-8H2,1-3H3,(H,13,14)(H,15,16);;;/q;+2;2*-1. The van der Waals surface area contributed by atoms with Crippen molar-refractivity contribution in [2.75, 3.05) is 0 Å². The monoisotopic (exact) mass is 256 g/mol. The van der Waals surface area contributed by atoms with E-state index in [2.05, 4.69) is 0 Å². The third-order valence-electron chi connectivity index (χ3n) is 3.00. The second kappa shape index (κ2) is 8.75. The van der Waals surface area contributed by atoms with E-state index in [-0.39, 0.29) is 37.7 Å². The predicted molar refractivity (Wildman–Crippen MR) is 69.3 cm³/mol. The minimum atomic E-state index is -1.27.